The number of aromatic nitrogens is 1. The number of piperidine rings is 1. The largest absolute Gasteiger partial charge is 0.477 e. The molecule has 3 fully saturated rings. The smallest absolute Gasteiger partial charge is 0.341 e. The average Bonchev–Trinajstić information content (AvgIpc) is 3.46. The zero-order valence-electron chi connectivity index (χ0n) is 14.9. The molecule has 1 aliphatic carbocycles. The Hall–Kier alpha value is -2.41. The summed E-state index contributed by atoms with van der Waals surface area (Å²) in [6.07, 6.45) is 6.71. The molecular formula is C20H22FN3O3. The number of benzene rings is 1. The van der Waals surface area contributed by atoms with Crippen LogP contribution in [0.5, 0.6) is 0 Å². The van der Waals surface area contributed by atoms with Gasteiger partial charge >= 0.3 is 5.97 Å². The van der Waals surface area contributed by atoms with Gasteiger partial charge in [0.1, 0.15) is 11.4 Å². The fourth-order valence-electron chi connectivity index (χ4n) is 4.61. The Bertz CT molecular complexity index is 986. The number of aromatic carboxylic acids is 1. The molecule has 2 saturated heterocycles. The summed E-state index contributed by atoms with van der Waals surface area (Å²) in [6, 6.07) is 3.90. The van der Waals surface area contributed by atoms with Crippen LogP contribution in [0.15, 0.2) is 23.1 Å². The SMILES string of the molecule is O=C(O)c1cn(C2CC2)c2cc(N3CC4CCCC(C3)N4)c(F)cc2c1=O. The van der Waals surface area contributed by atoms with Crippen molar-refractivity contribution in [1.82, 2.24) is 9.88 Å². The third kappa shape index (κ3) is 2.81. The van der Waals surface area contributed by atoms with Crippen molar-refractivity contribution in [3.05, 3.63) is 39.9 Å². The van der Waals surface area contributed by atoms with Crippen molar-refractivity contribution in [2.24, 2.45) is 0 Å². The molecule has 27 heavy (non-hydrogen) atoms. The first-order chi connectivity index (χ1) is 13.0. The highest BCUT2D eigenvalue weighted by molar-refractivity contribution is 5.93. The van der Waals surface area contributed by atoms with E-state index in [-0.39, 0.29) is 17.0 Å². The van der Waals surface area contributed by atoms with Gasteiger partial charge in [0.25, 0.3) is 0 Å². The number of hydrogen-bond acceptors (Lipinski definition) is 4. The molecule has 2 unspecified atom stereocenters. The standard InChI is InChI=1S/C20H22FN3O3/c21-16-6-14-17(24(13-4-5-13)10-15(19(14)25)20(26)27)7-18(16)23-8-11-2-1-3-12(9-23)22-11/h6-7,10-13,22H,1-5,8-9H2,(H,26,27). The zero-order chi connectivity index (χ0) is 18.7. The highest BCUT2D eigenvalue weighted by Gasteiger charge is 2.32. The van der Waals surface area contributed by atoms with E-state index in [1.54, 1.807) is 6.07 Å². The van der Waals surface area contributed by atoms with Crippen LogP contribution in [-0.4, -0.2) is 40.8 Å². The molecule has 0 spiro atoms. The number of carboxylic acid groups (broad SMARTS) is 1. The summed E-state index contributed by atoms with van der Waals surface area (Å²) in [4.78, 5) is 26.1. The van der Waals surface area contributed by atoms with E-state index in [0.717, 1.165) is 38.8 Å². The fourth-order valence-corrected chi connectivity index (χ4v) is 4.61. The van der Waals surface area contributed by atoms with Crippen LogP contribution in [0.1, 0.15) is 48.5 Å². The number of halogens is 1. The van der Waals surface area contributed by atoms with Gasteiger partial charge in [-0.1, -0.05) is 6.42 Å². The Morgan fingerprint density at radius 1 is 1.15 bits per heavy atom. The van der Waals surface area contributed by atoms with Gasteiger partial charge in [-0.05, 0) is 37.8 Å². The van der Waals surface area contributed by atoms with Gasteiger partial charge in [0.2, 0.25) is 5.43 Å². The summed E-state index contributed by atoms with van der Waals surface area (Å²) in [5.74, 6) is -1.72. The lowest BCUT2D eigenvalue weighted by atomic mass is 9.93. The van der Waals surface area contributed by atoms with Gasteiger partial charge in [0.05, 0.1) is 11.2 Å². The number of fused-ring (bicyclic) bond motifs is 3. The minimum Gasteiger partial charge on any atom is -0.477 e. The molecule has 1 aromatic carbocycles. The number of piperazine rings is 1. The second kappa shape index (κ2) is 6.05. The number of rotatable bonds is 3. The number of pyridine rings is 1. The Labute approximate surface area is 155 Å². The van der Waals surface area contributed by atoms with Gasteiger partial charge in [-0.2, -0.15) is 0 Å². The number of hydrogen-bond donors (Lipinski definition) is 2. The molecule has 3 aliphatic rings. The quantitative estimate of drug-likeness (QED) is 0.867. The Balaban J connectivity index is 1.66. The van der Waals surface area contributed by atoms with E-state index in [0.29, 0.717) is 23.3 Å². The summed E-state index contributed by atoms with van der Waals surface area (Å²) in [5, 5.41) is 13.1. The molecule has 2 aromatic rings. The molecule has 1 aromatic heterocycles. The summed E-state index contributed by atoms with van der Waals surface area (Å²) in [5.41, 5.74) is 0.237. The monoisotopic (exact) mass is 371 g/mol. The van der Waals surface area contributed by atoms with Crippen molar-refractivity contribution in [2.45, 2.75) is 50.2 Å². The predicted molar refractivity (Wildman–Crippen MR) is 100 cm³/mol. The molecular weight excluding hydrogens is 349 g/mol. The fraction of sp³-hybridized carbons (Fsp3) is 0.500. The molecule has 2 aliphatic heterocycles. The lowest BCUT2D eigenvalue weighted by Gasteiger charge is -2.43. The van der Waals surface area contributed by atoms with E-state index in [9.17, 15) is 19.1 Å². The van der Waals surface area contributed by atoms with Crippen molar-refractivity contribution in [3.8, 4) is 0 Å². The van der Waals surface area contributed by atoms with Crippen LogP contribution in [0.3, 0.4) is 0 Å². The molecule has 0 amide bonds. The van der Waals surface area contributed by atoms with Crippen LogP contribution < -0.4 is 15.6 Å². The molecule has 0 radical (unpaired) electrons. The van der Waals surface area contributed by atoms with E-state index >= 15 is 0 Å². The van der Waals surface area contributed by atoms with Crippen molar-refractivity contribution >= 4 is 22.6 Å². The molecule has 142 valence electrons. The number of carboxylic acids is 1. The van der Waals surface area contributed by atoms with E-state index < -0.39 is 17.2 Å². The van der Waals surface area contributed by atoms with Gasteiger partial charge in [0, 0.05) is 42.8 Å². The lowest BCUT2D eigenvalue weighted by molar-refractivity contribution is 0.0695. The Kier molecular flexibility index (Phi) is 3.75. The summed E-state index contributed by atoms with van der Waals surface area (Å²) >= 11 is 0. The van der Waals surface area contributed by atoms with E-state index in [1.807, 2.05) is 4.57 Å². The number of carbonyl (C=O) groups is 1. The van der Waals surface area contributed by atoms with Crippen LogP contribution in [-0.2, 0) is 0 Å². The molecule has 3 heterocycles. The first kappa shape index (κ1) is 16.7. The highest BCUT2D eigenvalue weighted by atomic mass is 19.1. The zero-order valence-corrected chi connectivity index (χ0v) is 14.9. The second-order valence-corrected chi connectivity index (χ2v) is 8.03. The molecule has 2 bridgehead atoms. The van der Waals surface area contributed by atoms with Crippen molar-refractivity contribution in [2.75, 3.05) is 18.0 Å². The second-order valence-electron chi connectivity index (χ2n) is 8.03. The molecule has 1 saturated carbocycles. The normalized spacial score (nSPS) is 25.0. The van der Waals surface area contributed by atoms with Crippen LogP contribution >= 0.6 is 0 Å². The third-order valence-electron chi connectivity index (χ3n) is 6.07. The summed E-state index contributed by atoms with van der Waals surface area (Å²) in [7, 11) is 0. The molecule has 2 N–H and O–H groups in total. The number of anilines is 1. The van der Waals surface area contributed by atoms with Gasteiger partial charge in [0.15, 0.2) is 0 Å². The minimum atomic E-state index is -1.27. The molecule has 2 atom stereocenters. The summed E-state index contributed by atoms with van der Waals surface area (Å²) < 4.78 is 16.8. The van der Waals surface area contributed by atoms with Gasteiger partial charge < -0.3 is 19.9 Å². The van der Waals surface area contributed by atoms with E-state index in [2.05, 4.69) is 10.2 Å². The predicted octanol–water partition coefficient (Wildman–Crippen LogP) is 2.50. The topological polar surface area (TPSA) is 74.6 Å². The highest BCUT2D eigenvalue weighted by Crippen LogP contribution is 2.38. The number of nitrogens with one attached hydrogen (secondary N) is 1. The average molecular weight is 371 g/mol. The van der Waals surface area contributed by atoms with Gasteiger partial charge in [-0.3, -0.25) is 4.79 Å². The van der Waals surface area contributed by atoms with Crippen LogP contribution in [0, 0.1) is 5.82 Å². The van der Waals surface area contributed by atoms with E-state index in [4.69, 9.17) is 0 Å². The Morgan fingerprint density at radius 2 is 1.85 bits per heavy atom. The molecule has 6 nitrogen and oxygen atoms in total. The van der Waals surface area contributed by atoms with Crippen LogP contribution in [0.2, 0.25) is 0 Å². The molecule has 7 heteroatoms. The first-order valence-corrected chi connectivity index (χ1v) is 9.64. The maximum Gasteiger partial charge on any atom is 0.341 e. The third-order valence-corrected chi connectivity index (χ3v) is 6.07. The Morgan fingerprint density at radius 3 is 2.48 bits per heavy atom. The van der Waals surface area contributed by atoms with Crippen LogP contribution in [0.25, 0.3) is 10.9 Å². The summed E-state index contributed by atoms with van der Waals surface area (Å²) in [6.45, 7) is 1.50. The maximum absolute atomic E-state index is 15.0. The van der Waals surface area contributed by atoms with Crippen molar-refractivity contribution in [1.29, 1.82) is 0 Å². The van der Waals surface area contributed by atoms with Crippen LogP contribution in [0.4, 0.5) is 10.1 Å². The minimum absolute atomic E-state index is 0.151. The van der Waals surface area contributed by atoms with Gasteiger partial charge in [-0.15, -0.1) is 0 Å². The first-order valence-electron chi connectivity index (χ1n) is 9.64. The number of nitrogens with zero attached hydrogens (tertiary/aromatic N) is 2. The van der Waals surface area contributed by atoms with Gasteiger partial charge in [-0.25, -0.2) is 9.18 Å². The lowest BCUT2D eigenvalue weighted by Crippen LogP contribution is -2.59. The van der Waals surface area contributed by atoms with Crippen molar-refractivity contribution < 1.29 is 14.3 Å². The molecule has 5 rings (SSSR count). The maximum atomic E-state index is 15.0. The van der Waals surface area contributed by atoms with E-state index in [1.165, 1.54) is 18.7 Å². The van der Waals surface area contributed by atoms with Crippen molar-refractivity contribution in [3.63, 3.8) is 0 Å².